The van der Waals surface area contributed by atoms with Crippen molar-refractivity contribution in [2.24, 2.45) is 82.7 Å². The van der Waals surface area contributed by atoms with Gasteiger partial charge in [-0.15, -0.1) is 40.9 Å². The summed E-state index contributed by atoms with van der Waals surface area (Å²) in [5, 5.41) is 72.5. The van der Waals surface area contributed by atoms with Crippen molar-refractivity contribution in [2.75, 3.05) is 10.6 Å². The highest BCUT2D eigenvalue weighted by atomic mass is 32.2. The Balaban J connectivity index is 0.854. The number of hydrogen-bond acceptors (Lipinski definition) is 30. The molecule has 0 aliphatic carbocycles. The van der Waals surface area contributed by atoms with Crippen LogP contribution in [0.2, 0.25) is 0 Å². The van der Waals surface area contributed by atoms with E-state index in [1.165, 1.54) is 36.4 Å². The van der Waals surface area contributed by atoms with Crippen LogP contribution in [0.4, 0.5) is 23.3 Å². The highest BCUT2D eigenvalue weighted by molar-refractivity contribution is 8.01. The van der Waals surface area contributed by atoms with Gasteiger partial charge in [-0.2, -0.15) is 16.8 Å². The van der Waals surface area contributed by atoms with Gasteiger partial charge in [0.25, 0.3) is 40.2 Å². The SMILES string of the molecule is O=S(=O)(O)c1cc(Nc2nc(SC3(c4ccccc4)N=NN=N3)cc(SC3(c4ccccc4)N=NN=N3)n2)ccc1C=Cc1ccc(Nc2nc(SC3(c4ccccc4)N=NN=N3)cc(SC3(c4ccccc4)N=NN=N3)n2)cc1S(=O)(=O)O. The highest BCUT2D eigenvalue weighted by Crippen LogP contribution is 2.52. The van der Waals surface area contributed by atoms with Crippen LogP contribution < -0.4 is 10.6 Å². The van der Waals surface area contributed by atoms with Gasteiger partial charge < -0.3 is 10.6 Å². The number of benzene rings is 6. The molecule has 0 unspecified atom stereocenters. The molecule has 28 nitrogen and oxygen atoms in total. The zero-order chi connectivity index (χ0) is 57.8. The lowest BCUT2D eigenvalue weighted by atomic mass is 10.1. The lowest BCUT2D eigenvalue weighted by Crippen LogP contribution is -2.15. The minimum atomic E-state index is -4.99. The van der Waals surface area contributed by atoms with E-state index < -0.39 is 50.0 Å². The topological polar surface area (TPSA) is 382 Å². The Labute approximate surface area is 491 Å². The predicted octanol–water partition coefficient (Wildman–Crippen LogP) is 14.4. The van der Waals surface area contributed by atoms with Gasteiger partial charge in [-0.3, -0.25) is 9.11 Å². The number of thioether (sulfide) groups is 4. The summed E-state index contributed by atoms with van der Waals surface area (Å²) in [5.74, 6) is -0.0828. The van der Waals surface area contributed by atoms with Gasteiger partial charge in [0.05, 0.1) is 0 Å². The van der Waals surface area contributed by atoms with Crippen LogP contribution in [0.1, 0.15) is 33.4 Å². The summed E-state index contributed by atoms with van der Waals surface area (Å²) >= 11 is 4.38. The maximum Gasteiger partial charge on any atom is 0.295 e. The van der Waals surface area contributed by atoms with E-state index in [0.717, 1.165) is 59.2 Å². The fraction of sp³-hybridized carbons (Fsp3) is 0.0800. The van der Waals surface area contributed by atoms with Crippen LogP contribution in [0, 0.1) is 0 Å². The van der Waals surface area contributed by atoms with Crippen LogP contribution in [0.3, 0.4) is 0 Å². The fourth-order valence-corrected chi connectivity index (χ4v) is 13.9. The van der Waals surface area contributed by atoms with Crippen molar-refractivity contribution in [3.63, 3.8) is 0 Å². The molecule has 12 rings (SSSR count). The lowest BCUT2D eigenvalue weighted by molar-refractivity contribution is 0.480. The first-order valence-electron chi connectivity index (χ1n) is 24.2. The first-order valence-corrected chi connectivity index (χ1v) is 30.4. The first-order chi connectivity index (χ1) is 40.7. The number of nitrogens with zero attached hydrogens (tertiary/aromatic N) is 20. The summed E-state index contributed by atoms with van der Waals surface area (Å²) < 4.78 is 73.9. The van der Waals surface area contributed by atoms with E-state index in [1.807, 2.05) is 121 Å². The second kappa shape index (κ2) is 22.9. The standard InChI is InChI=1S/C50H34N22O6S6/c73-83(74,75)39-27-37(51-45-53-41(79-47(57-65-66-58-47)33-13-5-1-6-14-33)29-42(54-45)80-48(59-67-68-60-48)34-15-7-2-8-16-34)25-23-31(39)21-22-32-24-26-38(28-40(32)84(76,77)78)52-46-55-43(81-49(61-69-70-62-49)35-17-9-3-10-18-35)30-44(56-46)82-50(63-71-72-64-50)36-19-11-4-12-20-36/h1-30H,(H,51,53,54)(H,52,55,56)(H,73,74,75)(H,76,77,78). The second-order valence-electron chi connectivity index (χ2n) is 17.6. The van der Waals surface area contributed by atoms with Gasteiger partial charge >= 0.3 is 0 Å². The summed E-state index contributed by atoms with van der Waals surface area (Å²) in [6.07, 6.45) is 2.50. The Morgan fingerprint density at radius 1 is 0.345 bits per heavy atom. The smallest absolute Gasteiger partial charge is 0.295 e. The number of anilines is 4. The van der Waals surface area contributed by atoms with Crippen LogP contribution in [0.25, 0.3) is 12.2 Å². The molecular weight excluding hydrogens is 1200 g/mol. The molecule has 0 radical (unpaired) electrons. The molecule has 416 valence electrons. The molecule has 84 heavy (non-hydrogen) atoms. The third-order valence-electron chi connectivity index (χ3n) is 12.1. The maximum atomic E-state index is 13.2. The van der Waals surface area contributed by atoms with E-state index in [1.54, 1.807) is 12.1 Å². The molecule has 0 spiro atoms. The Morgan fingerprint density at radius 3 is 0.833 bits per heavy atom. The zero-order valence-electron chi connectivity index (χ0n) is 42.2. The van der Waals surface area contributed by atoms with Crippen LogP contribution >= 0.6 is 47.0 Å². The lowest BCUT2D eigenvalue weighted by Gasteiger charge is -2.21. The Morgan fingerprint density at radius 2 is 0.595 bits per heavy atom. The van der Waals surface area contributed by atoms with E-state index in [0.29, 0.717) is 42.4 Å². The van der Waals surface area contributed by atoms with Gasteiger partial charge in [-0.1, -0.05) is 146 Å². The molecule has 4 N–H and O–H groups in total. The molecule has 0 fully saturated rings. The molecule has 0 amide bonds. The molecular formula is C50H34N22O6S6. The molecule has 6 heterocycles. The maximum absolute atomic E-state index is 13.2. The third-order valence-corrected chi connectivity index (χ3v) is 18.3. The summed E-state index contributed by atoms with van der Waals surface area (Å²) in [6.45, 7) is 0. The molecule has 4 aliphatic rings. The largest absolute Gasteiger partial charge is 0.324 e. The molecule has 0 saturated heterocycles. The minimum Gasteiger partial charge on any atom is -0.324 e. The molecule has 0 atom stereocenters. The van der Waals surface area contributed by atoms with Gasteiger partial charge in [-0.25, -0.2) is 19.9 Å². The van der Waals surface area contributed by atoms with E-state index >= 15 is 0 Å². The third kappa shape index (κ3) is 11.9. The van der Waals surface area contributed by atoms with Gasteiger partial charge in [-0.05, 0) is 124 Å². The molecule has 0 bridgehead atoms. The van der Waals surface area contributed by atoms with Crippen molar-refractivity contribution < 1.29 is 25.9 Å². The molecule has 2 aromatic heterocycles. The number of aromatic nitrogens is 4. The van der Waals surface area contributed by atoms with Crippen molar-refractivity contribution in [3.05, 3.63) is 203 Å². The van der Waals surface area contributed by atoms with Crippen LogP contribution in [-0.4, -0.2) is 45.9 Å². The molecule has 4 aliphatic heterocycles. The van der Waals surface area contributed by atoms with Crippen LogP contribution in [-0.2, 0) is 40.2 Å². The van der Waals surface area contributed by atoms with E-state index in [9.17, 15) is 25.9 Å². The molecule has 34 heteroatoms. The number of nitrogens with one attached hydrogen (secondary N) is 2. The molecule has 6 aromatic carbocycles. The minimum absolute atomic E-state index is 0.0414. The molecule has 0 saturated carbocycles. The van der Waals surface area contributed by atoms with Crippen molar-refractivity contribution in [1.82, 2.24) is 19.9 Å². The summed E-state index contributed by atoms with van der Waals surface area (Å²) in [5.41, 5.74) is 2.65. The summed E-state index contributed by atoms with van der Waals surface area (Å²) in [6, 6.07) is 47.7. The normalized spacial score (nSPS) is 16.5. The van der Waals surface area contributed by atoms with Gasteiger partial charge in [0, 0.05) is 45.8 Å². The fourth-order valence-electron chi connectivity index (χ4n) is 8.30. The van der Waals surface area contributed by atoms with E-state index in [4.69, 9.17) is 19.9 Å². The van der Waals surface area contributed by atoms with Crippen molar-refractivity contribution in [2.45, 2.75) is 49.9 Å². The predicted molar refractivity (Wildman–Crippen MR) is 307 cm³/mol. The second-order valence-corrected chi connectivity index (χ2v) is 25.1. The Bertz CT molecular complexity index is 3870. The quantitative estimate of drug-likeness (QED) is 0.0313. The van der Waals surface area contributed by atoms with Crippen molar-refractivity contribution >= 4 is 103 Å². The van der Waals surface area contributed by atoms with E-state index in [-0.39, 0.29) is 34.4 Å². The monoisotopic (exact) mass is 1230 g/mol. The van der Waals surface area contributed by atoms with Gasteiger partial charge in [0.1, 0.15) is 29.9 Å². The van der Waals surface area contributed by atoms with Gasteiger partial charge in [0.2, 0.25) is 11.9 Å². The van der Waals surface area contributed by atoms with E-state index in [2.05, 4.69) is 93.3 Å². The van der Waals surface area contributed by atoms with Crippen LogP contribution in [0.5, 0.6) is 0 Å². The average Bonchev–Trinajstić information content (AvgIpc) is 3.60. The molecule has 8 aromatic rings. The van der Waals surface area contributed by atoms with Crippen LogP contribution in [0.15, 0.2) is 282 Å². The Kier molecular flexibility index (Phi) is 15.1. The highest BCUT2D eigenvalue weighted by Gasteiger charge is 2.42. The first kappa shape index (κ1) is 55.4. The van der Waals surface area contributed by atoms with Gasteiger partial charge in [0.15, 0.2) is 0 Å². The zero-order valence-corrected chi connectivity index (χ0v) is 47.1. The summed E-state index contributed by atoms with van der Waals surface area (Å²) in [7, 11) is -9.98. The summed E-state index contributed by atoms with van der Waals surface area (Å²) in [4.78, 5) is 12.3. The average molecular weight is 1230 g/mol. The number of hydrogen-bond donors (Lipinski definition) is 4. The number of rotatable bonds is 20. The van der Waals surface area contributed by atoms with Crippen molar-refractivity contribution in [3.8, 4) is 0 Å². The Hall–Kier alpha value is -9.16. The van der Waals surface area contributed by atoms with Crippen molar-refractivity contribution in [1.29, 1.82) is 0 Å².